The zero-order chi connectivity index (χ0) is 30.5. The maximum atomic E-state index is 14.6. The zero-order valence-electron chi connectivity index (χ0n) is 24.8. The van der Waals surface area contributed by atoms with Crippen LogP contribution in [0.1, 0.15) is 37.8 Å². The predicted octanol–water partition coefficient (Wildman–Crippen LogP) is 5.57. The number of ether oxygens (including phenoxy) is 1. The summed E-state index contributed by atoms with van der Waals surface area (Å²) in [6, 6.07) is 17.9. The van der Waals surface area contributed by atoms with Crippen molar-refractivity contribution in [2.24, 2.45) is 5.41 Å². The van der Waals surface area contributed by atoms with Crippen molar-refractivity contribution < 1.29 is 14.2 Å². The summed E-state index contributed by atoms with van der Waals surface area (Å²) < 4.78 is 21.0. The Kier molecular flexibility index (Phi) is 6.98. The quantitative estimate of drug-likeness (QED) is 0.226. The molecule has 5 aromatic rings. The molecule has 2 aromatic heterocycles. The fourth-order valence-corrected chi connectivity index (χ4v) is 6.84. The number of hydrogen-bond donors (Lipinski definition) is 3. The predicted molar refractivity (Wildman–Crippen MR) is 167 cm³/mol. The Morgan fingerprint density at radius 3 is 2.66 bits per heavy atom. The van der Waals surface area contributed by atoms with Crippen LogP contribution >= 0.6 is 0 Å². The maximum absolute atomic E-state index is 14.6. The molecule has 2 aliphatic heterocycles. The number of aromatic amines is 2. The smallest absolute Gasteiger partial charge is 0.323 e. The van der Waals surface area contributed by atoms with Crippen LogP contribution in [0.5, 0.6) is 11.5 Å². The van der Waals surface area contributed by atoms with Gasteiger partial charge >= 0.3 is 5.69 Å². The van der Waals surface area contributed by atoms with Crippen molar-refractivity contribution in [2.45, 2.75) is 38.8 Å². The maximum Gasteiger partial charge on any atom is 0.323 e. The van der Waals surface area contributed by atoms with Crippen LogP contribution < -0.4 is 15.3 Å². The van der Waals surface area contributed by atoms with Crippen molar-refractivity contribution in [3.63, 3.8) is 0 Å². The van der Waals surface area contributed by atoms with Crippen LogP contribution in [0.2, 0.25) is 0 Å². The summed E-state index contributed by atoms with van der Waals surface area (Å²) in [6.45, 7) is 7.92. The molecule has 1 spiro atoms. The molecule has 1 unspecified atom stereocenters. The molecular weight excluding hydrogens is 559 g/mol. The van der Waals surface area contributed by atoms with Crippen LogP contribution in [0, 0.1) is 11.2 Å². The van der Waals surface area contributed by atoms with E-state index in [1.54, 1.807) is 26.1 Å². The number of H-pyrrole nitrogens is 2. The van der Waals surface area contributed by atoms with Gasteiger partial charge in [0.15, 0.2) is 11.6 Å². The van der Waals surface area contributed by atoms with Gasteiger partial charge in [0, 0.05) is 37.2 Å². The van der Waals surface area contributed by atoms with E-state index in [0.29, 0.717) is 34.0 Å². The Balaban J connectivity index is 1.11. The molecule has 3 N–H and O–H groups in total. The van der Waals surface area contributed by atoms with Gasteiger partial charge in [0.1, 0.15) is 17.9 Å². The van der Waals surface area contributed by atoms with Crippen LogP contribution in [0.15, 0.2) is 78.0 Å². The van der Waals surface area contributed by atoms with E-state index in [1.807, 2.05) is 36.4 Å². The Hall–Kier alpha value is -4.54. The van der Waals surface area contributed by atoms with Gasteiger partial charge in [-0.3, -0.25) is 4.90 Å². The Morgan fingerprint density at radius 1 is 0.977 bits per heavy atom. The molecule has 7 rings (SSSR count). The van der Waals surface area contributed by atoms with E-state index in [-0.39, 0.29) is 11.1 Å². The SMILES string of the molecule is CC(C)(O)c1ccccc1-c1cc(F)ccc1Oc1cncnc1N1CCC2(CCN(Cc3ccc4[nH]c(=O)[nH]c4c3)C2)C1. The first-order valence-corrected chi connectivity index (χ1v) is 14.9. The van der Waals surface area contributed by atoms with E-state index in [1.165, 1.54) is 24.0 Å². The van der Waals surface area contributed by atoms with Crippen molar-refractivity contribution in [1.82, 2.24) is 24.8 Å². The molecular formula is C34H35FN6O3. The molecule has 9 nitrogen and oxygen atoms in total. The molecule has 0 radical (unpaired) electrons. The summed E-state index contributed by atoms with van der Waals surface area (Å²) in [5, 5.41) is 10.8. The second-order valence-corrected chi connectivity index (χ2v) is 12.6. The molecule has 44 heavy (non-hydrogen) atoms. The highest BCUT2D eigenvalue weighted by molar-refractivity contribution is 5.76. The number of aliphatic hydroxyl groups is 1. The third-order valence-electron chi connectivity index (χ3n) is 8.94. The van der Waals surface area contributed by atoms with Gasteiger partial charge in [-0.05, 0) is 80.3 Å². The van der Waals surface area contributed by atoms with Crippen LogP contribution in [-0.2, 0) is 12.1 Å². The lowest BCUT2D eigenvalue weighted by molar-refractivity contribution is 0.0792. The molecule has 2 fully saturated rings. The van der Waals surface area contributed by atoms with Crippen molar-refractivity contribution in [2.75, 3.05) is 31.1 Å². The minimum atomic E-state index is -1.13. The molecule has 0 amide bonds. The van der Waals surface area contributed by atoms with Gasteiger partial charge in [-0.1, -0.05) is 30.3 Å². The summed E-state index contributed by atoms with van der Waals surface area (Å²) in [5.41, 5.74) is 3.56. The van der Waals surface area contributed by atoms with Gasteiger partial charge in [-0.2, -0.15) is 0 Å². The molecule has 2 aliphatic rings. The molecule has 0 saturated carbocycles. The first-order valence-electron chi connectivity index (χ1n) is 14.9. The number of nitrogens with one attached hydrogen (secondary N) is 2. The van der Waals surface area contributed by atoms with Crippen LogP contribution in [0.25, 0.3) is 22.2 Å². The Bertz CT molecular complexity index is 1900. The number of aromatic nitrogens is 4. The monoisotopic (exact) mass is 594 g/mol. The first-order chi connectivity index (χ1) is 21.2. The first kappa shape index (κ1) is 28.2. The Morgan fingerprint density at radius 2 is 1.80 bits per heavy atom. The minimum Gasteiger partial charge on any atom is -0.451 e. The van der Waals surface area contributed by atoms with Crippen LogP contribution in [0.4, 0.5) is 10.2 Å². The van der Waals surface area contributed by atoms with Gasteiger partial charge < -0.3 is 24.7 Å². The summed E-state index contributed by atoms with van der Waals surface area (Å²) >= 11 is 0. The number of likely N-dealkylation sites (tertiary alicyclic amines) is 1. The topological polar surface area (TPSA) is 110 Å². The summed E-state index contributed by atoms with van der Waals surface area (Å²) in [7, 11) is 0. The third kappa shape index (κ3) is 5.46. The van der Waals surface area contributed by atoms with Gasteiger partial charge in [-0.25, -0.2) is 19.2 Å². The molecule has 0 aliphatic carbocycles. The van der Waals surface area contributed by atoms with E-state index in [2.05, 4.69) is 35.8 Å². The highest BCUT2D eigenvalue weighted by atomic mass is 19.1. The van der Waals surface area contributed by atoms with Crippen LogP contribution in [0.3, 0.4) is 0 Å². The zero-order valence-corrected chi connectivity index (χ0v) is 24.8. The van der Waals surface area contributed by atoms with E-state index >= 15 is 0 Å². The number of nitrogens with zero attached hydrogens (tertiary/aromatic N) is 4. The lowest BCUT2D eigenvalue weighted by atomic mass is 9.86. The van der Waals surface area contributed by atoms with E-state index in [0.717, 1.165) is 56.6 Å². The van der Waals surface area contributed by atoms with E-state index in [9.17, 15) is 14.3 Å². The van der Waals surface area contributed by atoms with Crippen molar-refractivity contribution >= 4 is 16.9 Å². The molecule has 2 saturated heterocycles. The lowest BCUT2D eigenvalue weighted by Gasteiger charge is -2.26. The fourth-order valence-electron chi connectivity index (χ4n) is 6.84. The highest BCUT2D eigenvalue weighted by Gasteiger charge is 2.44. The minimum absolute atomic E-state index is 0.140. The second kappa shape index (κ2) is 10.9. The summed E-state index contributed by atoms with van der Waals surface area (Å²) in [4.78, 5) is 31.0. The number of benzene rings is 3. The second-order valence-electron chi connectivity index (χ2n) is 12.6. The number of rotatable bonds is 7. The molecule has 4 heterocycles. The van der Waals surface area contributed by atoms with Gasteiger partial charge in [-0.15, -0.1) is 0 Å². The lowest BCUT2D eigenvalue weighted by Crippen LogP contribution is -2.31. The molecule has 226 valence electrons. The normalized spacial score (nSPS) is 19.0. The average Bonchev–Trinajstić information content (AvgIpc) is 3.71. The average molecular weight is 595 g/mol. The van der Waals surface area contributed by atoms with Gasteiger partial charge in [0.2, 0.25) is 0 Å². The number of hydrogen-bond acceptors (Lipinski definition) is 7. The van der Waals surface area contributed by atoms with E-state index in [4.69, 9.17) is 4.74 Å². The van der Waals surface area contributed by atoms with Crippen molar-refractivity contribution in [3.05, 3.63) is 101 Å². The summed E-state index contributed by atoms with van der Waals surface area (Å²) in [5.74, 6) is 1.28. The highest BCUT2D eigenvalue weighted by Crippen LogP contribution is 2.45. The number of anilines is 1. The van der Waals surface area contributed by atoms with Crippen molar-refractivity contribution in [1.29, 1.82) is 0 Å². The standard InChI is InChI=1S/C34H35FN6O3/c1-33(2,43)26-6-4-3-5-24(26)25-16-23(35)8-10-29(25)44-30-17-36-21-37-31(30)41-14-12-34(20-41)11-13-40(19-34)18-22-7-9-27-28(15-22)39-32(42)38-27/h3-10,15-17,21,43H,11-14,18-20H2,1-2H3,(H2,38,39,42). The van der Waals surface area contributed by atoms with Gasteiger partial charge in [0.25, 0.3) is 0 Å². The molecule has 3 aromatic carbocycles. The summed E-state index contributed by atoms with van der Waals surface area (Å²) in [6.07, 6.45) is 5.32. The molecule has 0 bridgehead atoms. The Labute approximate surface area is 254 Å². The number of imidazole rings is 1. The number of fused-ring (bicyclic) bond motifs is 1. The fraction of sp³-hybridized carbons (Fsp3) is 0.324. The van der Waals surface area contributed by atoms with E-state index < -0.39 is 11.4 Å². The van der Waals surface area contributed by atoms with Crippen LogP contribution in [-0.4, -0.2) is 56.1 Å². The number of halogens is 1. The molecule has 1 atom stereocenters. The third-order valence-corrected chi connectivity index (χ3v) is 8.94. The van der Waals surface area contributed by atoms with Gasteiger partial charge in [0.05, 0.1) is 22.8 Å². The van der Waals surface area contributed by atoms with Crippen molar-refractivity contribution in [3.8, 4) is 22.6 Å². The largest absolute Gasteiger partial charge is 0.451 e. The molecule has 10 heteroatoms.